The van der Waals surface area contributed by atoms with Gasteiger partial charge in [0.05, 0.1) is 17.3 Å². The predicted molar refractivity (Wildman–Crippen MR) is 148 cm³/mol. The second-order valence-electron chi connectivity index (χ2n) is 8.71. The highest BCUT2D eigenvalue weighted by molar-refractivity contribution is 6.34. The number of aromatic nitrogens is 1. The van der Waals surface area contributed by atoms with E-state index < -0.39 is 17.7 Å². The molecule has 0 radical (unpaired) electrons. The summed E-state index contributed by atoms with van der Waals surface area (Å²) in [6.45, 7) is 0.0895. The highest BCUT2D eigenvalue weighted by Gasteiger charge is 2.22. The van der Waals surface area contributed by atoms with Crippen molar-refractivity contribution in [1.29, 1.82) is 0 Å². The monoisotopic (exact) mass is 555 g/mol. The zero-order valence-corrected chi connectivity index (χ0v) is 21.4. The Bertz CT molecular complexity index is 1820. The first-order chi connectivity index (χ1) is 19.5. The van der Waals surface area contributed by atoms with Crippen molar-refractivity contribution in [3.05, 3.63) is 113 Å². The number of hydrazone groups is 1. The minimum absolute atomic E-state index is 0.0895. The summed E-state index contributed by atoms with van der Waals surface area (Å²) in [4.78, 5) is 28.9. The molecule has 198 valence electrons. The molecule has 0 aliphatic carbocycles. The molecule has 1 aliphatic heterocycles. The minimum Gasteiger partial charge on any atom is -0.454 e. The van der Waals surface area contributed by atoms with Crippen molar-refractivity contribution in [2.45, 2.75) is 0 Å². The van der Waals surface area contributed by atoms with Crippen molar-refractivity contribution < 1.29 is 28.2 Å². The normalized spacial score (nSPS) is 12.2. The van der Waals surface area contributed by atoms with E-state index in [-0.39, 0.29) is 29.3 Å². The molecule has 40 heavy (non-hydrogen) atoms. The number of carbonyl (C=O) groups excluding carboxylic acids is 2. The third-order valence-corrected chi connectivity index (χ3v) is 6.58. The lowest BCUT2D eigenvalue weighted by Gasteiger charge is -2.08. The average Bonchev–Trinajstić information content (AvgIpc) is 3.59. The standard InChI is InChI=1S/C30H19ClFN3O5/c31-21-9-3-2-7-19(21)26-20-8-5-10-22(32)27(20)34-28(26)29(36)35-33-15-18-6-1-4-11-23(18)40-30(37)17-12-13-24-25(14-17)39-16-38-24/h1-15,34H,16H2,(H,35,36). The summed E-state index contributed by atoms with van der Waals surface area (Å²) in [6.07, 6.45) is 1.35. The van der Waals surface area contributed by atoms with E-state index in [0.29, 0.717) is 38.6 Å². The molecule has 0 saturated heterocycles. The minimum atomic E-state index is -0.614. The van der Waals surface area contributed by atoms with Gasteiger partial charge in [0.1, 0.15) is 17.3 Å². The maximum atomic E-state index is 14.6. The summed E-state index contributed by atoms with van der Waals surface area (Å²) >= 11 is 6.42. The molecular formula is C30H19ClFN3O5. The Morgan fingerprint density at radius 1 is 0.975 bits per heavy atom. The molecule has 10 heteroatoms. The van der Waals surface area contributed by atoms with Gasteiger partial charge in [0.2, 0.25) is 6.79 Å². The molecule has 0 unspecified atom stereocenters. The molecule has 6 rings (SSSR count). The maximum Gasteiger partial charge on any atom is 0.343 e. The van der Waals surface area contributed by atoms with Crippen molar-refractivity contribution in [2.75, 3.05) is 6.79 Å². The molecule has 8 nitrogen and oxygen atoms in total. The molecular weight excluding hydrogens is 537 g/mol. The maximum absolute atomic E-state index is 14.6. The highest BCUT2D eigenvalue weighted by Crippen LogP contribution is 2.37. The fourth-order valence-corrected chi connectivity index (χ4v) is 4.60. The fourth-order valence-electron chi connectivity index (χ4n) is 4.37. The van der Waals surface area contributed by atoms with E-state index in [9.17, 15) is 14.0 Å². The van der Waals surface area contributed by atoms with Crippen LogP contribution in [-0.4, -0.2) is 29.9 Å². The van der Waals surface area contributed by atoms with Crippen LogP contribution in [0.25, 0.3) is 22.0 Å². The van der Waals surface area contributed by atoms with Gasteiger partial charge in [-0.15, -0.1) is 0 Å². The lowest BCUT2D eigenvalue weighted by molar-refractivity contribution is 0.0733. The van der Waals surface area contributed by atoms with E-state index in [4.69, 9.17) is 25.8 Å². The van der Waals surface area contributed by atoms with Crippen molar-refractivity contribution in [2.24, 2.45) is 5.10 Å². The van der Waals surface area contributed by atoms with Crippen LogP contribution in [0.2, 0.25) is 5.02 Å². The molecule has 5 aromatic rings. The Hall–Kier alpha value is -5.15. The molecule has 0 atom stereocenters. The number of hydrogen-bond acceptors (Lipinski definition) is 6. The van der Waals surface area contributed by atoms with E-state index >= 15 is 0 Å². The molecule has 4 aromatic carbocycles. The molecule has 0 bridgehead atoms. The molecule has 2 N–H and O–H groups in total. The van der Waals surface area contributed by atoms with Gasteiger partial charge in [0.25, 0.3) is 5.91 Å². The first kappa shape index (κ1) is 25.1. The third kappa shape index (κ3) is 4.74. The number of rotatable bonds is 6. The number of esters is 1. The van der Waals surface area contributed by atoms with Crippen molar-refractivity contribution in [1.82, 2.24) is 10.4 Å². The summed E-state index contributed by atoms with van der Waals surface area (Å²) in [7, 11) is 0. The van der Waals surface area contributed by atoms with Gasteiger partial charge >= 0.3 is 5.97 Å². The topological polar surface area (TPSA) is 102 Å². The largest absolute Gasteiger partial charge is 0.454 e. The first-order valence-corrected chi connectivity index (χ1v) is 12.5. The van der Waals surface area contributed by atoms with Gasteiger partial charge in [-0.2, -0.15) is 5.10 Å². The van der Waals surface area contributed by atoms with Gasteiger partial charge in [-0.1, -0.05) is 54.1 Å². The van der Waals surface area contributed by atoms with Gasteiger partial charge in [-0.05, 0) is 42.5 Å². The Labute approximate surface area is 231 Å². The number of halogens is 2. The number of hydrogen-bond donors (Lipinski definition) is 2. The van der Waals surface area contributed by atoms with Crippen molar-refractivity contribution >= 4 is 40.6 Å². The Balaban J connectivity index is 1.25. The van der Waals surface area contributed by atoms with Crippen molar-refractivity contribution in [3.8, 4) is 28.4 Å². The predicted octanol–water partition coefficient (Wildman–Crippen LogP) is 6.34. The number of nitrogens with one attached hydrogen (secondary N) is 2. The number of benzene rings is 4. The number of ether oxygens (including phenoxy) is 3. The van der Waals surface area contributed by atoms with Gasteiger partial charge in [-0.3, -0.25) is 4.79 Å². The van der Waals surface area contributed by atoms with Gasteiger partial charge < -0.3 is 19.2 Å². The zero-order valence-electron chi connectivity index (χ0n) is 20.6. The van der Waals surface area contributed by atoms with Crippen LogP contribution in [0.1, 0.15) is 26.4 Å². The van der Waals surface area contributed by atoms with Crippen LogP contribution >= 0.6 is 11.6 Å². The highest BCUT2D eigenvalue weighted by atomic mass is 35.5. The number of amides is 1. The molecule has 0 saturated carbocycles. The smallest absolute Gasteiger partial charge is 0.343 e. The summed E-state index contributed by atoms with van der Waals surface area (Å²) in [5.74, 6) is -0.487. The van der Waals surface area contributed by atoms with Gasteiger partial charge in [0, 0.05) is 27.1 Å². The fraction of sp³-hybridized carbons (Fsp3) is 0.0333. The number of nitrogens with zero attached hydrogens (tertiary/aromatic N) is 1. The molecule has 1 amide bonds. The van der Waals surface area contributed by atoms with Crippen LogP contribution in [0.4, 0.5) is 4.39 Å². The number of H-pyrrole nitrogens is 1. The van der Waals surface area contributed by atoms with Crippen LogP contribution in [0, 0.1) is 5.82 Å². The SMILES string of the molecule is O=C(Oc1ccccc1C=NNC(=O)c1[nH]c2c(F)cccc2c1-c1ccccc1Cl)c1ccc2c(c1)OCO2. The molecule has 0 fully saturated rings. The molecule has 1 aliphatic rings. The summed E-state index contributed by atoms with van der Waals surface area (Å²) in [5, 5.41) is 4.97. The molecule has 2 heterocycles. The number of para-hydroxylation sites is 2. The molecule has 0 spiro atoms. The molecule has 1 aromatic heterocycles. The van der Waals surface area contributed by atoms with E-state index in [1.54, 1.807) is 78.9 Å². The van der Waals surface area contributed by atoms with Crippen molar-refractivity contribution in [3.63, 3.8) is 0 Å². The number of fused-ring (bicyclic) bond motifs is 2. The van der Waals surface area contributed by atoms with E-state index in [0.717, 1.165) is 0 Å². The summed E-state index contributed by atoms with van der Waals surface area (Å²) in [6, 6.07) is 23.0. The number of carbonyl (C=O) groups is 2. The Morgan fingerprint density at radius 2 is 1.77 bits per heavy atom. The Morgan fingerprint density at radius 3 is 2.65 bits per heavy atom. The van der Waals surface area contributed by atoms with Crippen LogP contribution < -0.4 is 19.6 Å². The lowest BCUT2D eigenvalue weighted by atomic mass is 10.0. The quantitative estimate of drug-likeness (QED) is 0.110. The van der Waals surface area contributed by atoms with Crippen LogP contribution in [0.5, 0.6) is 17.2 Å². The van der Waals surface area contributed by atoms with Crippen LogP contribution in [0.15, 0.2) is 90.0 Å². The van der Waals surface area contributed by atoms with Gasteiger partial charge in [0.15, 0.2) is 11.5 Å². The second-order valence-corrected chi connectivity index (χ2v) is 9.12. The van der Waals surface area contributed by atoms with E-state index in [2.05, 4.69) is 15.5 Å². The van der Waals surface area contributed by atoms with Crippen LogP contribution in [-0.2, 0) is 0 Å². The van der Waals surface area contributed by atoms with E-state index in [1.165, 1.54) is 12.3 Å². The zero-order chi connectivity index (χ0) is 27.6. The average molecular weight is 556 g/mol. The summed E-state index contributed by atoms with van der Waals surface area (Å²) < 4.78 is 30.8. The van der Waals surface area contributed by atoms with Gasteiger partial charge in [-0.25, -0.2) is 14.6 Å². The third-order valence-electron chi connectivity index (χ3n) is 6.25. The van der Waals surface area contributed by atoms with E-state index in [1.807, 2.05) is 0 Å². The number of aromatic amines is 1. The lowest BCUT2D eigenvalue weighted by Crippen LogP contribution is -2.19. The second kappa shape index (κ2) is 10.5. The first-order valence-electron chi connectivity index (χ1n) is 12.1. The van der Waals surface area contributed by atoms with Crippen LogP contribution in [0.3, 0.4) is 0 Å². The summed E-state index contributed by atoms with van der Waals surface area (Å²) in [5.41, 5.74) is 4.46. The Kier molecular flexibility index (Phi) is 6.63.